The summed E-state index contributed by atoms with van der Waals surface area (Å²) in [5, 5.41) is 22.7. The minimum absolute atomic E-state index is 0.00309. The Kier molecular flexibility index (Phi) is 6.64. The van der Waals surface area contributed by atoms with Crippen LogP contribution < -0.4 is 10.6 Å². The molecule has 7 nitrogen and oxygen atoms in total. The predicted octanol–water partition coefficient (Wildman–Crippen LogP) is 0.0216. The molecule has 1 aromatic rings. The lowest BCUT2D eigenvalue weighted by atomic mass is 10.2. The molecule has 0 radical (unpaired) electrons. The number of hydrogen-bond acceptors (Lipinski definition) is 4. The van der Waals surface area contributed by atoms with Gasteiger partial charge >= 0.3 is 5.97 Å². The van der Waals surface area contributed by atoms with Gasteiger partial charge in [0.25, 0.3) is 5.91 Å². The molecule has 1 unspecified atom stereocenters. The highest BCUT2D eigenvalue weighted by Gasteiger charge is 2.13. The van der Waals surface area contributed by atoms with Crippen molar-refractivity contribution in [3.63, 3.8) is 0 Å². The molecule has 0 spiro atoms. The van der Waals surface area contributed by atoms with Crippen LogP contribution in [0.5, 0.6) is 0 Å². The van der Waals surface area contributed by atoms with Crippen molar-refractivity contribution in [3.05, 3.63) is 34.9 Å². The zero-order chi connectivity index (χ0) is 15.8. The number of carbonyl (C=O) groups excluding carboxylic acids is 2. The summed E-state index contributed by atoms with van der Waals surface area (Å²) in [4.78, 5) is 33.4. The van der Waals surface area contributed by atoms with Gasteiger partial charge in [-0.15, -0.1) is 0 Å². The van der Waals surface area contributed by atoms with Crippen molar-refractivity contribution in [1.29, 1.82) is 0 Å². The zero-order valence-electron chi connectivity index (χ0n) is 11.0. The van der Waals surface area contributed by atoms with Gasteiger partial charge in [0.05, 0.1) is 6.54 Å². The first-order valence-corrected chi connectivity index (χ1v) is 6.49. The van der Waals surface area contributed by atoms with Crippen molar-refractivity contribution in [3.8, 4) is 0 Å². The summed E-state index contributed by atoms with van der Waals surface area (Å²) in [7, 11) is 0. The largest absolute Gasteiger partial charge is 0.479 e. The Balaban J connectivity index is 2.28. The highest BCUT2D eigenvalue weighted by atomic mass is 35.5. The summed E-state index contributed by atoms with van der Waals surface area (Å²) in [6.45, 7) is -0.242. The lowest BCUT2D eigenvalue weighted by molar-refractivity contribution is -0.147. The number of aliphatic hydroxyl groups excluding tert-OH is 1. The van der Waals surface area contributed by atoms with Gasteiger partial charge in [-0.05, 0) is 24.3 Å². The number of carboxylic acid groups (broad SMARTS) is 1. The molecule has 2 amide bonds. The van der Waals surface area contributed by atoms with E-state index in [0.717, 1.165) is 0 Å². The van der Waals surface area contributed by atoms with Crippen molar-refractivity contribution in [2.24, 2.45) is 0 Å². The van der Waals surface area contributed by atoms with Crippen LogP contribution in [0.1, 0.15) is 16.8 Å². The number of carboxylic acids is 1. The zero-order valence-corrected chi connectivity index (χ0v) is 11.8. The molecule has 0 saturated heterocycles. The molecule has 0 heterocycles. The second kappa shape index (κ2) is 8.23. The molecule has 0 fully saturated rings. The van der Waals surface area contributed by atoms with E-state index in [9.17, 15) is 14.4 Å². The Morgan fingerprint density at radius 1 is 1.14 bits per heavy atom. The van der Waals surface area contributed by atoms with E-state index in [-0.39, 0.29) is 19.5 Å². The number of aliphatic carboxylic acids is 1. The van der Waals surface area contributed by atoms with Crippen LogP contribution in [0, 0.1) is 0 Å². The van der Waals surface area contributed by atoms with E-state index in [1.807, 2.05) is 0 Å². The normalized spacial score (nSPS) is 11.5. The standard InChI is InChI=1S/C13H15ClN2O5/c14-9-3-1-8(2-4-9)12(19)16-7-11(18)15-6-5-10(17)13(20)21/h1-4,10,17H,5-7H2,(H,15,18)(H,16,19)(H,20,21). The maximum Gasteiger partial charge on any atom is 0.332 e. The molecule has 21 heavy (non-hydrogen) atoms. The first-order valence-electron chi connectivity index (χ1n) is 6.11. The fourth-order valence-corrected chi connectivity index (χ4v) is 1.52. The minimum atomic E-state index is -1.52. The van der Waals surface area contributed by atoms with E-state index in [2.05, 4.69) is 10.6 Å². The van der Waals surface area contributed by atoms with Crippen molar-refractivity contribution in [1.82, 2.24) is 10.6 Å². The minimum Gasteiger partial charge on any atom is -0.479 e. The Morgan fingerprint density at radius 3 is 2.33 bits per heavy atom. The van der Waals surface area contributed by atoms with Crippen LogP contribution in [0.2, 0.25) is 5.02 Å². The topological polar surface area (TPSA) is 116 Å². The lowest BCUT2D eigenvalue weighted by Crippen LogP contribution is -2.38. The Bertz CT molecular complexity index is 518. The number of halogens is 1. The van der Waals surface area contributed by atoms with Crippen molar-refractivity contribution in [2.45, 2.75) is 12.5 Å². The molecular formula is C13H15ClN2O5. The second-order valence-corrected chi connectivity index (χ2v) is 4.62. The van der Waals surface area contributed by atoms with E-state index in [4.69, 9.17) is 21.8 Å². The van der Waals surface area contributed by atoms with Gasteiger partial charge in [-0.1, -0.05) is 11.6 Å². The summed E-state index contributed by atoms with van der Waals surface area (Å²) in [5.74, 6) is -2.25. The van der Waals surface area contributed by atoms with Gasteiger partial charge in [-0.2, -0.15) is 0 Å². The third-order valence-corrected chi connectivity index (χ3v) is 2.79. The van der Waals surface area contributed by atoms with Crippen LogP contribution in [0.3, 0.4) is 0 Å². The van der Waals surface area contributed by atoms with Crippen LogP contribution in [0.15, 0.2) is 24.3 Å². The molecule has 0 aliphatic heterocycles. The SMILES string of the molecule is O=C(CNC(=O)c1ccc(Cl)cc1)NCCC(O)C(=O)O. The fourth-order valence-electron chi connectivity index (χ4n) is 1.40. The average molecular weight is 315 g/mol. The third-order valence-electron chi connectivity index (χ3n) is 2.54. The number of carbonyl (C=O) groups is 3. The highest BCUT2D eigenvalue weighted by molar-refractivity contribution is 6.30. The highest BCUT2D eigenvalue weighted by Crippen LogP contribution is 2.09. The van der Waals surface area contributed by atoms with Gasteiger partial charge in [0, 0.05) is 23.6 Å². The number of nitrogens with one attached hydrogen (secondary N) is 2. The second-order valence-electron chi connectivity index (χ2n) is 4.18. The van der Waals surface area contributed by atoms with Gasteiger partial charge in [0.2, 0.25) is 5.91 Å². The quantitative estimate of drug-likeness (QED) is 0.566. The molecule has 0 bridgehead atoms. The third kappa shape index (κ3) is 6.24. The van der Waals surface area contributed by atoms with Crippen LogP contribution in [0.25, 0.3) is 0 Å². The smallest absolute Gasteiger partial charge is 0.332 e. The molecule has 114 valence electrons. The summed E-state index contributed by atoms with van der Waals surface area (Å²) in [6.07, 6.45) is -1.62. The molecule has 0 aliphatic carbocycles. The molecule has 8 heteroatoms. The summed E-state index contributed by atoms with van der Waals surface area (Å²) >= 11 is 5.69. The maximum absolute atomic E-state index is 11.7. The molecule has 1 rings (SSSR count). The Labute approximate surface area is 125 Å². The van der Waals surface area contributed by atoms with Crippen molar-refractivity contribution >= 4 is 29.4 Å². The van der Waals surface area contributed by atoms with Gasteiger partial charge in [-0.3, -0.25) is 9.59 Å². The van der Waals surface area contributed by atoms with E-state index >= 15 is 0 Å². The van der Waals surface area contributed by atoms with E-state index in [1.54, 1.807) is 12.1 Å². The number of aliphatic hydroxyl groups is 1. The van der Waals surface area contributed by atoms with Gasteiger partial charge in [0.1, 0.15) is 0 Å². The maximum atomic E-state index is 11.7. The molecule has 4 N–H and O–H groups in total. The summed E-state index contributed by atoms with van der Waals surface area (Å²) in [5.41, 5.74) is 0.369. The summed E-state index contributed by atoms with van der Waals surface area (Å²) < 4.78 is 0. The first-order chi connectivity index (χ1) is 9.90. The average Bonchev–Trinajstić information content (AvgIpc) is 2.45. The van der Waals surface area contributed by atoms with Crippen molar-refractivity contribution in [2.75, 3.05) is 13.1 Å². The van der Waals surface area contributed by atoms with E-state index in [0.29, 0.717) is 10.6 Å². The Morgan fingerprint density at radius 2 is 1.76 bits per heavy atom. The fraction of sp³-hybridized carbons (Fsp3) is 0.308. The number of amides is 2. The van der Waals surface area contributed by atoms with Crippen molar-refractivity contribution < 1.29 is 24.6 Å². The predicted molar refractivity (Wildman–Crippen MR) is 75.1 cm³/mol. The molecule has 0 aromatic heterocycles. The Hall–Kier alpha value is -2.12. The van der Waals surface area contributed by atoms with Crippen LogP contribution in [0.4, 0.5) is 0 Å². The van der Waals surface area contributed by atoms with Crippen LogP contribution in [-0.4, -0.2) is 47.2 Å². The van der Waals surface area contributed by atoms with Gasteiger partial charge in [-0.25, -0.2) is 4.79 Å². The van der Waals surface area contributed by atoms with Gasteiger partial charge in [0.15, 0.2) is 6.10 Å². The molecule has 0 aliphatic rings. The first kappa shape index (κ1) is 16.9. The number of benzene rings is 1. The van der Waals surface area contributed by atoms with E-state index < -0.39 is 23.9 Å². The van der Waals surface area contributed by atoms with Crippen LogP contribution >= 0.6 is 11.6 Å². The number of hydrogen-bond donors (Lipinski definition) is 4. The van der Waals surface area contributed by atoms with E-state index in [1.165, 1.54) is 12.1 Å². The molecule has 1 aromatic carbocycles. The number of rotatable bonds is 7. The molecule has 1 atom stereocenters. The van der Waals surface area contributed by atoms with Crippen LogP contribution in [-0.2, 0) is 9.59 Å². The summed E-state index contributed by atoms with van der Waals surface area (Å²) in [6, 6.07) is 6.17. The molecular weight excluding hydrogens is 300 g/mol. The lowest BCUT2D eigenvalue weighted by Gasteiger charge is -2.08. The molecule has 0 saturated carbocycles. The van der Waals surface area contributed by atoms with Gasteiger partial charge < -0.3 is 20.8 Å². The monoisotopic (exact) mass is 314 g/mol.